The van der Waals surface area contributed by atoms with E-state index in [9.17, 15) is 0 Å². The number of oxime groups is 1. The zero-order valence-corrected chi connectivity index (χ0v) is 10.5. The van der Waals surface area contributed by atoms with Crippen molar-refractivity contribution in [3.05, 3.63) is 53.1 Å². The summed E-state index contributed by atoms with van der Waals surface area (Å²) < 4.78 is 2.07. The normalized spacial score (nSPS) is 11.8. The molecule has 0 radical (unpaired) electrons. The van der Waals surface area contributed by atoms with E-state index in [1.165, 1.54) is 0 Å². The van der Waals surface area contributed by atoms with Gasteiger partial charge >= 0.3 is 0 Å². The van der Waals surface area contributed by atoms with Crippen LogP contribution < -0.4 is 5.73 Å². The van der Waals surface area contributed by atoms with Crippen molar-refractivity contribution in [2.45, 2.75) is 20.4 Å². The van der Waals surface area contributed by atoms with E-state index in [1.807, 2.05) is 44.4 Å². The summed E-state index contributed by atoms with van der Waals surface area (Å²) in [7, 11) is 0. The summed E-state index contributed by atoms with van der Waals surface area (Å²) in [5, 5.41) is 11.7. The van der Waals surface area contributed by atoms with Gasteiger partial charge in [-0.3, -0.25) is 0 Å². The van der Waals surface area contributed by atoms with E-state index >= 15 is 0 Å². The average Bonchev–Trinajstić information content (AvgIpc) is 2.70. The fourth-order valence-electron chi connectivity index (χ4n) is 1.79. The van der Waals surface area contributed by atoms with Crippen LogP contribution in [0.15, 0.2) is 35.7 Å². The molecule has 94 valence electrons. The summed E-state index contributed by atoms with van der Waals surface area (Å²) in [6.45, 7) is 4.74. The van der Waals surface area contributed by atoms with E-state index in [0.717, 1.165) is 23.5 Å². The summed E-state index contributed by atoms with van der Waals surface area (Å²) in [4.78, 5) is 4.26. The van der Waals surface area contributed by atoms with Crippen molar-refractivity contribution in [3.8, 4) is 0 Å². The van der Waals surface area contributed by atoms with E-state index in [1.54, 1.807) is 0 Å². The van der Waals surface area contributed by atoms with Crippen LogP contribution in [-0.2, 0) is 6.54 Å². The molecule has 0 saturated carbocycles. The van der Waals surface area contributed by atoms with Crippen molar-refractivity contribution < 1.29 is 5.21 Å². The molecule has 2 aromatic rings. The first-order valence-electron chi connectivity index (χ1n) is 5.67. The molecule has 0 amide bonds. The van der Waals surface area contributed by atoms with Gasteiger partial charge in [-0.1, -0.05) is 23.4 Å². The van der Waals surface area contributed by atoms with E-state index in [0.29, 0.717) is 5.56 Å². The standard InChI is InChI=1S/C13H16N4O/c1-9-10(2)17(8-15-9)7-11-4-3-5-12(6-11)13(14)16-18/h3-6,8,18H,7H2,1-2H3,(H2,14,16). The van der Waals surface area contributed by atoms with Gasteiger partial charge in [-0.2, -0.15) is 0 Å². The lowest BCUT2D eigenvalue weighted by molar-refractivity contribution is 0.318. The minimum atomic E-state index is 0.121. The van der Waals surface area contributed by atoms with Crippen LogP contribution in [0, 0.1) is 13.8 Å². The number of nitrogens with zero attached hydrogens (tertiary/aromatic N) is 3. The lowest BCUT2D eigenvalue weighted by atomic mass is 10.1. The number of amidine groups is 1. The Morgan fingerprint density at radius 3 is 2.83 bits per heavy atom. The van der Waals surface area contributed by atoms with Gasteiger partial charge in [-0.25, -0.2) is 4.98 Å². The fourth-order valence-corrected chi connectivity index (χ4v) is 1.79. The molecule has 3 N–H and O–H groups in total. The molecule has 0 atom stereocenters. The lowest BCUT2D eigenvalue weighted by Gasteiger charge is -2.07. The van der Waals surface area contributed by atoms with Crippen molar-refractivity contribution in [2.24, 2.45) is 10.9 Å². The van der Waals surface area contributed by atoms with Crippen molar-refractivity contribution in [2.75, 3.05) is 0 Å². The first kappa shape index (κ1) is 12.2. The molecule has 5 nitrogen and oxygen atoms in total. The summed E-state index contributed by atoms with van der Waals surface area (Å²) in [6, 6.07) is 7.61. The molecule has 1 aromatic carbocycles. The van der Waals surface area contributed by atoms with Gasteiger partial charge in [0.25, 0.3) is 0 Å². The van der Waals surface area contributed by atoms with Gasteiger partial charge in [0.1, 0.15) is 0 Å². The maximum absolute atomic E-state index is 8.66. The van der Waals surface area contributed by atoms with Crippen LogP contribution in [0.5, 0.6) is 0 Å². The highest BCUT2D eigenvalue weighted by molar-refractivity contribution is 5.97. The predicted molar refractivity (Wildman–Crippen MR) is 69.8 cm³/mol. The Kier molecular flexibility index (Phi) is 3.32. The third-order valence-corrected chi connectivity index (χ3v) is 3.03. The predicted octanol–water partition coefficient (Wildman–Crippen LogP) is 1.64. The molecule has 0 aliphatic carbocycles. The van der Waals surface area contributed by atoms with Crippen LogP contribution in [0.1, 0.15) is 22.5 Å². The largest absolute Gasteiger partial charge is 0.409 e. The Morgan fingerprint density at radius 2 is 2.22 bits per heavy atom. The van der Waals surface area contributed by atoms with Gasteiger partial charge < -0.3 is 15.5 Å². The van der Waals surface area contributed by atoms with Crippen LogP contribution >= 0.6 is 0 Å². The van der Waals surface area contributed by atoms with Crippen LogP contribution in [0.2, 0.25) is 0 Å². The van der Waals surface area contributed by atoms with Crippen molar-refractivity contribution in [3.63, 3.8) is 0 Å². The molecule has 18 heavy (non-hydrogen) atoms. The van der Waals surface area contributed by atoms with Gasteiger partial charge in [0.2, 0.25) is 0 Å². The number of aryl methyl sites for hydroxylation is 1. The second-order valence-electron chi connectivity index (χ2n) is 4.23. The number of aromatic nitrogens is 2. The number of nitrogens with two attached hydrogens (primary N) is 1. The number of imidazole rings is 1. The van der Waals surface area contributed by atoms with Gasteiger partial charge in [-0.15, -0.1) is 0 Å². The average molecular weight is 244 g/mol. The smallest absolute Gasteiger partial charge is 0.170 e. The molecular weight excluding hydrogens is 228 g/mol. The lowest BCUT2D eigenvalue weighted by Crippen LogP contribution is -2.13. The van der Waals surface area contributed by atoms with Gasteiger partial charge in [-0.05, 0) is 25.5 Å². The molecule has 0 unspecified atom stereocenters. The molecule has 0 bridgehead atoms. The second-order valence-corrected chi connectivity index (χ2v) is 4.23. The molecule has 2 rings (SSSR count). The SMILES string of the molecule is Cc1ncn(Cc2cccc(C(N)=NO)c2)c1C. The van der Waals surface area contributed by atoms with Crippen LogP contribution in [0.4, 0.5) is 0 Å². The Bertz CT molecular complexity index is 586. The summed E-state index contributed by atoms with van der Waals surface area (Å²) in [6.07, 6.45) is 1.82. The third-order valence-electron chi connectivity index (χ3n) is 3.03. The van der Waals surface area contributed by atoms with Crippen LogP contribution in [0.25, 0.3) is 0 Å². The number of rotatable bonds is 3. The fraction of sp³-hybridized carbons (Fsp3) is 0.231. The molecule has 5 heteroatoms. The molecule has 1 aromatic heterocycles. The quantitative estimate of drug-likeness (QED) is 0.373. The highest BCUT2D eigenvalue weighted by Crippen LogP contribution is 2.10. The topological polar surface area (TPSA) is 76.4 Å². The van der Waals surface area contributed by atoms with Gasteiger partial charge in [0.05, 0.1) is 12.0 Å². The number of hydrogen-bond acceptors (Lipinski definition) is 3. The molecule has 0 aliphatic heterocycles. The summed E-state index contributed by atoms with van der Waals surface area (Å²) >= 11 is 0. The first-order chi connectivity index (χ1) is 8.61. The van der Waals surface area contributed by atoms with Crippen molar-refractivity contribution in [1.82, 2.24) is 9.55 Å². The van der Waals surface area contributed by atoms with Crippen LogP contribution in [0.3, 0.4) is 0 Å². The summed E-state index contributed by atoms with van der Waals surface area (Å²) in [5.74, 6) is 0.121. The minimum absolute atomic E-state index is 0.121. The molecule has 0 saturated heterocycles. The van der Waals surface area contributed by atoms with E-state index in [4.69, 9.17) is 10.9 Å². The van der Waals surface area contributed by atoms with E-state index in [-0.39, 0.29) is 5.84 Å². The molecular formula is C13H16N4O. The minimum Gasteiger partial charge on any atom is -0.409 e. The van der Waals surface area contributed by atoms with Gasteiger partial charge in [0.15, 0.2) is 5.84 Å². The maximum Gasteiger partial charge on any atom is 0.170 e. The van der Waals surface area contributed by atoms with Crippen molar-refractivity contribution in [1.29, 1.82) is 0 Å². The highest BCUT2D eigenvalue weighted by atomic mass is 16.4. The Labute approximate surface area is 106 Å². The summed E-state index contributed by atoms with van der Waals surface area (Å²) in [5.41, 5.74) is 9.54. The molecule has 0 aliphatic rings. The first-order valence-corrected chi connectivity index (χ1v) is 5.67. The zero-order valence-electron chi connectivity index (χ0n) is 10.5. The Balaban J connectivity index is 2.27. The molecule has 0 spiro atoms. The van der Waals surface area contributed by atoms with E-state index < -0.39 is 0 Å². The van der Waals surface area contributed by atoms with Gasteiger partial charge in [0, 0.05) is 17.8 Å². The Morgan fingerprint density at radius 1 is 1.44 bits per heavy atom. The highest BCUT2D eigenvalue weighted by Gasteiger charge is 2.04. The zero-order chi connectivity index (χ0) is 13.1. The van der Waals surface area contributed by atoms with Crippen LogP contribution in [-0.4, -0.2) is 20.6 Å². The number of benzene rings is 1. The molecule has 0 fully saturated rings. The van der Waals surface area contributed by atoms with Crippen molar-refractivity contribution >= 4 is 5.84 Å². The maximum atomic E-state index is 8.66. The number of hydrogen-bond donors (Lipinski definition) is 2. The molecule has 1 heterocycles. The Hall–Kier alpha value is -2.30. The monoisotopic (exact) mass is 244 g/mol. The second kappa shape index (κ2) is 4.91. The van der Waals surface area contributed by atoms with E-state index in [2.05, 4.69) is 14.7 Å². The third kappa shape index (κ3) is 2.34.